The topological polar surface area (TPSA) is 22.8 Å². The molecule has 0 atom stereocenters. The monoisotopic (exact) mass is 377 g/mol. The van der Waals surface area contributed by atoms with Crippen molar-refractivity contribution in [3.63, 3.8) is 0 Å². The number of nitrogens with zero attached hydrogens (tertiary/aromatic N) is 3. The summed E-state index contributed by atoms with van der Waals surface area (Å²) in [7, 11) is 1.88. The molecule has 0 aliphatic carbocycles. The Labute approximate surface area is 154 Å². The summed E-state index contributed by atoms with van der Waals surface area (Å²) in [5.74, 6) is 1.00. The number of benzene rings is 1. The minimum Gasteiger partial charge on any atom is -0.328 e. The molecule has 0 unspecified atom stereocenters. The van der Waals surface area contributed by atoms with Gasteiger partial charge in [-0.25, -0.2) is 4.98 Å². The van der Waals surface area contributed by atoms with E-state index in [-0.39, 0.29) is 0 Å². The third-order valence-corrected chi connectivity index (χ3v) is 5.45. The number of fused-ring (bicyclic) bond motifs is 2. The molecule has 26 heavy (non-hydrogen) atoms. The van der Waals surface area contributed by atoms with Gasteiger partial charge in [0.2, 0.25) is 0 Å². The van der Waals surface area contributed by atoms with Crippen LogP contribution in [0.25, 0.3) is 22.3 Å². The zero-order chi connectivity index (χ0) is 18.5. The summed E-state index contributed by atoms with van der Waals surface area (Å²) in [5, 5.41) is 0.878. The summed E-state index contributed by atoms with van der Waals surface area (Å²) >= 11 is 5.69. The van der Waals surface area contributed by atoms with E-state index in [1.54, 1.807) is 0 Å². The van der Waals surface area contributed by atoms with Crippen molar-refractivity contribution in [2.24, 2.45) is 7.05 Å². The van der Waals surface area contributed by atoms with E-state index >= 15 is 0 Å². The Balaban J connectivity index is 1.86. The SMILES string of the molecule is Cn1c(-c2ccc(C(F)(F)F)cc2)cc2c(=S)n3c(nc21)CCCCC3. The van der Waals surface area contributed by atoms with Crippen molar-refractivity contribution in [3.05, 3.63) is 46.4 Å². The van der Waals surface area contributed by atoms with Gasteiger partial charge in [0.05, 0.1) is 16.6 Å². The van der Waals surface area contributed by atoms with E-state index in [0.29, 0.717) is 5.56 Å². The average Bonchev–Trinajstić information content (AvgIpc) is 2.79. The summed E-state index contributed by atoms with van der Waals surface area (Å²) in [6.45, 7) is 0.877. The Bertz CT molecular complexity index is 1030. The summed E-state index contributed by atoms with van der Waals surface area (Å²) in [6, 6.07) is 7.15. The molecule has 7 heteroatoms. The van der Waals surface area contributed by atoms with Crippen LogP contribution in [0.3, 0.4) is 0 Å². The van der Waals surface area contributed by atoms with Crippen LogP contribution in [-0.2, 0) is 26.2 Å². The summed E-state index contributed by atoms with van der Waals surface area (Å²) in [6.07, 6.45) is -0.0663. The van der Waals surface area contributed by atoms with Gasteiger partial charge in [-0.3, -0.25) is 0 Å². The van der Waals surface area contributed by atoms with Crippen molar-refractivity contribution in [2.75, 3.05) is 0 Å². The molecule has 0 bridgehead atoms. The van der Waals surface area contributed by atoms with Gasteiger partial charge >= 0.3 is 6.18 Å². The number of hydrogen-bond acceptors (Lipinski definition) is 2. The summed E-state index contributed by atoms with van der Waals surface area (Å²) in [4.78, 5) is 4.82. The number of hydrogen-bond donors (Lipinski definition) is 0. The number of aryl methyl sites for hydroxylation is 2. The van der Waals surface area contributed by atoms with Crippen LogP contribution in [0.1, 0.15) is 30.7 Å². The molecule has 1 aromatic carbocycles. The lowest BCUT2D eigenvalue weighted by molar-refractivity contribution is -0.137. The Morgan fingerprint density at radius 2 is 1.81 bits per heavy atom. The van der Waals surface area contributed by atoms with Gasteiger partial charge in [0, 0.05) is 20.0 Å². The lowest BCUT2D eigenvalue weighted by Gasteiger charge is -2.11. The second-order valence-corrected chi connectivity index (χ2v) is 7.08. The minimum absolute atomic E-state index is 0.649. The fourth-order valence-corrected chi connectivity index (χ4v) is 3.94. The highest BCUT2D eigenvalue weighted by atomic mass is 32.1. The van der Waals surface area contributed by atoms with Gasteiger partial charge < -0.3 is 9.13 Å². The predicted molar refractivity (Wildman–Crippen MR) is 97.5 cm³/mol. The number of rotatable bonds is 1. The lowest BCUT2D eigenvalue weighted by Crippen LogP contribution is -2.09. The van der Waals surface area contributed by atoms with E-state index in [4.69, 9.17) is 17.2 Å². The van der Waals surface area contributed by atoms with E-state index in [2.05, 4.69) is 4.57 Å². The van der Waals surface area contributed by atoms with Crippen LogP contribution in [0, 0.1) is 4.64 Å². The van der Waals surface area contributed by atoms with E-state index in [1.807, 2.05) is 17.7 Å². The van der Waals surface area contributed by atoms with Crippen molar-refractivity contribution in [1.82, 2.24) is 14.1 Å². The fraction of sp³-hybridized carbons (Fsp3) is 0.368. The maximum absolute atomic E-state index is 12.8. The van der Waals surface area contributed by atoms with E-state index in [0.717, 1.165) is 65.1 Å². The van der Waals surface area contributed by atoms with Crippen LogP contribution in [0.5, 0.6) is 0 Å². The highest BCUT2D eigenvalue weighted by molar-refractivity contribution is 7.71. The molecule has 0 saturated heterocycles. The maximum atomic E-state index is 12.8. The fourth-order valence-electron chi connectivity index (χ4n) is 3.59. The Kier molecular flexibility index (Phi) is 4.14. The molecule has 0 spiro atoms. The summed E-state index contributed by atoms with van der Waals surface area (Å²) < 4.78 is 43.2. The highest BCUT2D eigenvalue weighted by Crippen LogP contribution is 2.33. The van der Waals surface area contributed by atoms with Crippen molar-refractivity contribution in [2.45, 2.75) is 38.4 Å². The second-order valence-electron chi connectivity index (χ2n) is 6.70. The average molecular weight is 377 g/mol. The second kappa shape index (κ2) is 6.23. The zero-order valence-corrected chi connectivity index (χ0v) is 15.1. The molecule has 3 heterocycles. The molecule has 1 aliphatic heterocycles. The van der Waals surface area contributed by atoms with Gasteiger partial charge in [-0.2, -0.15) is 13.2 Å². The first-order valence-corrected chi connectivity index (χ1v) is 9.04. The molecule has 0 radical (unpaired) electrons. The summed E-state index contributed by atoms with van der Waals surface area (Å²) in [5.41, 5.74) is 1.67. The Hall–Kier alpha value is -2.15. The van der Waals surface area contributed by atoms with Crippen molar-refractivity contribution in [3.8, 4) is 11.3 Å². The molecule has 1 aliphatic rings. The van der Waals surface area contributed by atoms with Crippen LogP contribution in [0.15, 0.2) is 30.3 Å². The minimum atomic E-state index is -4.33. The van der Waals surface area contributed by atoms with Crippen LogP contribution >= 0.6 is 12.2 Å². The van der Waals surface area contributed by atoms with E-state index < -0.39 is 11.7 Å². The zero-order valence-electron chi connectivity index (χ0n) is 14.3. The Morgan fingerprint density at radius 3 is 2.50 bits per heavy atom. The molecule has 0 saturated carbocycles. The first-order valence-electron chi connectivity index (χ1n) is 8.63. The molecule has 0 amide bonds. The molecule has 3 nitrogen and oxygen atoms in total. The lowest BCUT2D eigenvalue weighted by atomic mass is 10.1. The number of halogens is 3. The molecular weight excluding hydrogens is 359 g/mol. The van der Waals surface area contributed by atoms with Crippen LogP contribution in [0.2, 0.25) is 0 Å². The number of aromatic nitrogens is 3. The van der Waals surface area contributed by atoms with Crippen molar-refractivity contribution < 1.29 is 13.2 Å². The third kappa shape index (κ3) is 2.84. The third-order valence-electron chi connectivity index (χ3n) is 5.01. The largest absolute Gasteiger partial charge is 0.416 e. The predicted octanol–water partition coefficient (Wildman–Crippen LogP) is 5.52. The smallest absolute Gasteiger partial charge is 0.328 e. The van der Waals surface area contributed by atoms with E-state index in [9.17, 15) is 13.2 Å². The van der Waals surface area contributed by atoms with E-state index in [1.165, 1.54) is 18.6 Å². The molecule has 4 rings (SSSR count). The van der Waals surface area contributed by atoms with Gasteiger partial charge in [-0.1, -0.05) is 30.8 Å². The van der Waals surface area contributed by atoms with Crippen molar-refractivity contribution >= 4 is 23.3 Å². The van der Waals surface area contributed by atoms with Crippen LogP contribution in [-0.4, -0.2) is 14.1 Å². The van der Waals surface area contributed by atoms with Crippen molar-refractivity contribution in [1.29, 1.82) is 0 Å². The van der Waals surface area contributed by atoms with Gasteiger partial charge in [0.1, 0.15) is 16.1 Å². The normalized spacial score (nSPS) is 15.1. The first-order chi connectivity index (χ1) is 12.4. The highest BCUT2D eigenvalue weighted by Gasteiger charge is 2.30. The van der Waals surface area contributed by atoms with Gasteiger partial charge in [-0.05, 0) is 36.6 Å². The maximum Gasteiger partial charge on any atom is 0.416 e. The molecule has 136 valence electrons. The standard InChI is InChI=1S/C19H18F3N3S/c1-24-15(12-6-8-13(9-7-12)19(20,21)22)11-14-17(24)23-16-5-3-2-4-10-25(16)18(14)26/h6-9,11H,2-5,10H2,1H3. The Morgan fingerprint density at radius 1 is 1.08 bits per heavy atom. The molecule has 0 N–H and O–H groups in total. The molecule has 3 aromatic rings. The molecule has 2 aromatic heterocycles. The van der Waals surface area contributed by atoms with Crippen LogP contribution < -0.4 is 0 Å². The quantitative estimate of drug-likeness (QED) is 0.522. The molecular formula is C19H18F3N3S. The molecule has 0 fully saturated rings. The first kappa shape index (κ1) is 17.3. The van der Waals surface area contributed by atoms with Crippen LogP contribution in [0.4, 0.5) is 13.2 Å². The van der Waals surface area contributed by atoms with Gasteiger partial charge in [0.25, 0.3) is 0 Å². The number of alkyl halides is 3. The van der Waals surface area contributed by atoms with Gasteiger partial charge in [-0.15, -0.1) is 0 Å². The van der Waals surface area contributed by atoms with Gasteiger partial charge in [0.15, 0.2) is 0 Å².